The van der Waals surface area contributed by atoms with Crippen molar-refractivity contribution < 1.29 is 14.3 Å². The van der Waals surface area contributed by atoms with Crippen LogP contribution in [-0.2, 0) is 4.79 Å². The highest BCUT2D eigenvalue weighted by molar-refractivity contribution is 7.12. The van der Waals surface area contributed by atoms with Gasteiger partial charge in [0.05, 0.1) is 24.4 Å². The van der Waals surface area contributed by atoms with Crippen LogP contribution in [0.15, 0.2) is 47.7 Å². The summed E-state index contributed by atoms with van der Waals surface area (Å²) in [7, 11) is 1.55. The highest BCUT2D eigenvalue weighted by Gasteiger charge is 2.32. The summed E-state index contributed by atoms with van der Waals surface area (Å²) in [6.45, 7) is 3.71. The van der Waals surface area contributed by atoms with E-state index in [1.54, 1.807) is 37.5 Å². The van der Waals surface area contributed by atoms with Gasteiger partial charge in [-0.3, -0.25) is 4.79 Å². The number of carbonyl (C=O) groups excluding carboxylic acids is 2. The largest absolute Gasteiger partial charge is 0.495 e. The minimum atomic E-state index is -0.484. The standard InChI is InChI=1S/C18H19N3O3S/c1-10-8-9-14(25-10)16-15(11(2)19-18(23)21-16)17(22)20-12-6-4-5-7-13(12)24-3/h4-9,16H,1-3H3,(H,20,22)(H2,19,21,23)/t16-/m0/s1. The van der Waals surface area contributed by atoms with Gasteiger partial charge in [-0.05, 0) is 38.1 Å². The highest BCUT2D eigenvalue weighted by Crippen LogP contribution is 2.33. The van der Waals surface area contributed by atoms with Gasteiger partial charge in [-0.25, -0.2) is 4.79 Å². The maximum absolute atomic E-state index is 12.9. The molecular weight excluding hydrogens is 338 g/mol. The molecule has 3 amide bonds. The lowest BCUT2D eigenvalue weighted by Crippen LogP contribution is -2.45. The molecule has 0 fully saturated rings. The molecule has 0 radical (unpaired) electrons. The quantitative estimate of drug-likeness (QED) is 0.785. The average Bonchev–Trinajstić information content (AvgIpc) is 3.01. The fraction of sp³-hybridized carbons (Fsp3) is 0.222. The lowest BCUT2D eigenvalue weighted by Gasteiger charge is -2.27. The maximum atomic E-state index is 12.9. The number of para-hydroxylation sites is 2. The Hall–Kier alpha value is -2.80. The van der Waals surface area contributed by atoms with Crippen molar-refractivity contribution in [3.05, 3.63) is 57.4 Å². The van der Waals surface area contributed by atoms with Gasteiger partial charge in [-0.15, -0.1) is 11.3 Å². The molecular formula is C18H19N3O3S. The summed E-state index contributed by atoms with van der Waals surface area (Å²) >= 11 is 1.55. The molecule has 0 saturated heterocycles. The van der Waals surface area contributed by atoms with Gasteiger partial charge in [0, 0.05) is 15.5 Å². The number of nitrogens with one attached hydrogen (secondary N) is 3. The molecule has 0 bridgehead atoms. The molecule has 1 atom stereocenters. The number of aryl methyl sites for hydroxylation is 1. The molecule has 3 rings (SSSR count). The molecule has 0 spiro atoms. The number of allylic oxidation sites excluding steroid dienone is 1. The summed E-state index contributed by atoms with van der Waals surface area (Å²) in [5.41, 5.74) is 1.59. The molecule has 25 heavy (non-hydrogen) atoms. The van der Waals surface area contributed by atoms with Crippen LogP contribution in [0.1, 0.15) is 22.7 Å². The number of ether oxygens (including phenoxy) is 1. The third-order valence-corrected chi connectivity index (χ3v) is 4.98. The lowest BCUT2D eigenvalue weighted by atomic mass is 10.0. The molecule has 0 aliphatic carbocycles. The van der Waals surface area contributed by atoms with Gasteiger partial charge in [0.1, 0.15) is 5.75 Å². The van der Waals surface area contributed by atoms with E-state index in [9.17, 15) is 9.59 Å². The van der Waals surface area contributed by atoms with Crippen LogP contribution in [0.2, 0.25) is 0 Å². The Morgan fingerprint density at radius 3 is 2.64 bits per heavy atom. The Morgan fingerprint density at radius 1 is 1.20 bits per heavy atom. The number of amides is 3. The number of carbonyl (C=O) groups is 2. The minimum absolute atomic E-state index is 0.287. The normalized spacial score (nSPS) is 16.9. The van der Waals surface area contributed by atoms with Crippen molar-refractivity contribution in [1.29, 1.82) is 0 Å². The van der Waals surface area contributed by atoms with Gasteiger partial charge >= 0.3 is 6.03 Å². The van der Waals surface area contributed by atoms with E-state index in [1.165, 1.54) is 0 Å². The van der Waals surface area contributed by atoms with E-state index in [0.717, 1.165) is 9.75 Å². The predicted octanol–water partition coefficient (Wildman–Crippen LogP) is 3.33. The number of methoxy groups -OCH3 is 1. The molecule has 1 aliphatic heterocycles. The van der Waals surface area contributed by atoms with Crippen molar-refractivity contribution in [2.24, 2.45) is 0 Å². The van der Waals surface area contributed by atoms with E-state index in [2.05, 4.69) is 16.0 Å². The van der Waals surface area contributed by atoms with Crippen LogP contribution >= 0.6 is 11.3 Å². The molecule has 130 valence electrons. The van der Waals surface area contributed by atoms with Crippen molar-refractivity contribution in [3.63, 3.8) is 0 Å². The number of rotatable bonds is 4. The molecule has 2 heterocycles. The first kappa shape index (κ1) is 17.0. The third-order valence-electron chi connectivity index (χ3n) is 3.91. The monoisotopic (exact) mass is 357 g/mol. The number of benzene rings is 1. The Balaban J connectivity index is 1.95. The van der Waals surface area contributed by atoms with E-state index in [-0.39, 0.29) is 11.9 Å². The molecule has 3 N–H and O–H groups in total. The number of anilines is 1. The van der Waals surface area contributed by atoms with E-state index >= 15 is 0 Å². The zero-order valence-corrected chi connectivity index (χ0v) is 15.0. The van der Waals surface area contributed by atoms with E-state index < -0.39 is 6.04 Å². The molecule has 7 heteroatoms. The van der Waals surface area contributed by atoms with Crippen LogP contribution < -0.4 is 20.7 Å². The second-order valence-corrected chi connectivity index (χ2v) is 6.99. The van der Waals surface area contributed by atoms with Gasteiger partial charge < -0.3 is 20.7 Å². The number of thiophene rings is 1. The topological polar surface area (TPSA) is 79.5 Å². The first-order chi connectivity index (χ1) is 12.0. The number of urea groups is 1. The van der Waals surface area contributed by atoms with Crippen LogP contribution in [0.25, 0.3) is 0 Å². The second-order valence-electron chi connectivity index (χ2n) is 5.67. The fourth-order valence-corrected chi connectivity index (χ4v) is 3.69. The van der Waals surface area contributed by atoms with Gasteiger partial charge in [0.25, 0.3) is 5.91 Å². The minimum Gasteiger partial charge on any atom is -0.495 e. The Labute approximate surface area is 149 Å². The molecule has 1 aliphatic rings. The Bertz CT molecular complexity index is 857. The van der Waals surface area contributed by atoms with Crippen molar-refractivity contribution in [2.75, 3.05) is 12.4 Å². The number of hydrogen-bond donors (Lipinski definition) is 3. The van der Waals surface area contributed by atoms with Crippen LogP contribution in [0, 0.1) is 6.92 Å². The van der Waals surface area contributed by atoms with E-state index in [4.69, 9.17) is 4.74 Å². The summed E-state index contributed by atoms with van der Waals surface area (Å²) in [6, 6.07) is 10.3. The molecule has 1 aromatic heterocycles. The van der Waals surface area contributed by atoms with E-state index in [1.807, 2.05) is 31.2 Å². The summed E-state index contributed by atoms with van der Waals surface area (Å²) in [5, 5.41) is 8.38. The SMILES string of the molecule is COc1ccccc1NC(=O)C1=C(C)NC(=O)N[C@H]1c1ccc(C)s1. The highest BCUT2D eigenvalue weighted by atomic mass is 32.1. The van der Waals surface area contributed by atoms with Gasteiger partial charge in [-0.1, -0.05) is 12.1 Å². The fourth-order valence-electron chi connectivity index (χ4n) is 2.75. The maximum Gasteiger partial charge on any atom is 0.319 e. The summed E-state index contributed by atoms with van der Waals surface area (Å²) in [6.07, 6.45) is 0. The zero-order chi connectivity index (χ0) is 18.0. The van der Waals surface area contributed by atoms with Crippen molar-refractivity contribution in [2.45, 2.75) is 19.9 Å². The van der Waals surface area contributed by atoms with Crippen LogP contribution in [0.3, 0.4) is 0 Å². The van der Waals surface area contributed by atoms with Gasteiger partial charge in [-0.2, -0.15) is 0 Å². The number of hydrogen-bond acceptors (Lipinski definition) is 4. The van der Waals surface area contributed by atoms with Crippen LogP contribution in [0.5, 0.6) is 5.75 Å². The molecule has 0 unspecified atom stereocenters. The summed E-state index contributed by atoms with van der Waals surface area (Å²) in [4.78, 5) is 26.8. The smallest absolute Gasteiger partial charge is 0.319 e. The summed E-state index contributed by atoms with van der Waals surface area (Å²) < 4.78 is 5.28. The molecule has 6 nitrogen and oxygen atoms in total. The third kappa shape index (κ3) is 3.51. The first-order valence-corrected chi connectivity index (χ1v) is 8.60. The van der Waals surface area contributed by atoms with Gasteiger partial charge in [0.2, 0.25) is 0 Å². The van der Waals surface area contributed by atoms with Crippen molar-refractivity contribution in [1.82, 2.24) is 10.6 Å². The summed E-state index contributed by atoms with van der Waals surface area (Å²) in [5.74, 6) is 0.288. The van der Waals surface area contributed by atoms with E-state index in [0.29, 0.717) is 22.7 Å². The van der Waals surface area contributed by atoms with Gasteiger partial charge in [0.15, 0.2) is 0 Å². The lowest BCUT2D eigenvalue weighted by molar-refractivity contribution is -0.113. The zero-order valence-electron chi connectivity index (χ0n) is 14.2. The average molecular weight is 357 g/mol. The predicted molar refractivity (Wildman–Crippen MR) is 97.8 cm³/mol. The first-order valence-electron chi connectivity index (χ1n) is 7.78. The molecule has 2 aromatic rings. The Kier molecular flexibility index (Phi) is 4.76. The van der Waals surface area contributed by atoms with Crippen molar-refractivity contribution in [3.8, 4) is 5.75 Å². The van der Waals surface area contributed by atoms with Crippen LogP contribution in [0.4, 0.5) is 10.5 Å². The molecule has 0 saturated carbocycles. The van der Waals surface area contributed by atoms with Crippen LogP contribution in [-0.4, -0.2) is 19.0 Å². The Morgan fingerprint density at radius 2 is 1.96 bits per heavy atom. The second kappa shape index (κ2) is 6.98. The molecule has 1 aromatic carbocycles. The van der Waals surface area contributed by atoms with Crippen molar-refractivity contribution >= 4 is 29.0 Å².